The Morgan fingerprint density at radius 2 is 0.974 bits per heavy atom. The predicted molar refractivity (Wildman–Crippen MR) is 160 cm³/mol. The summed E-state index contributed by atoms with van der Waals surface area (Å²) in [5.41, 5.74) is 8.25. The van der Waals surface area contributed by atoms with Crippen molar-refractivity contribution in [1.82, 2.24) is 4.40 Å². The molecule has 2 heteroatoms. The van der Waals surface area contributed by atoms with Crippen molar-refractivity contribution >= 4 is 27.1 Å². The van der Waals surface area contributed by atoms with E-state index in [1.807, 2.05) is 47.7 Å². The Morgan fingerprint density at radius 1 is 0.474 bits per heavy atom. The highest BCUT2D eigenvalue weighted by Crippen LogP contribution is 2.43. The maximum Gasteiger partial charge on any atom is 0.263 e. The second-order valence-electron chi connectivity index (χ2n) is 9.78. The van der Waals surface area contributed by atoms with Gasteiger partial charge >= 0.3 is 0 Å². The zero-order valence-electron chi connectivity index (χ0n) is 21.1. The van der Waals surface area contributed by atoms with E-state index in [9.17, 15) is 4.79 Å². The number of rotatable bonds is 3. The average Bonchev–Trinajstić information content (AvgIpc) is 2.98. The number of benzene rings is 5. The highest BCUT2D eigenvalue weighted by Gasteiger charge is 2.23. The van der Waals surface area contributed by atoms with Crippen LogP contribution in [0, 0.1) is 6.92 Å². The van der Waals surface area contributed by atoms with E-state index in [-0.39, 0.29) is 5.56 Å². The number of fused-ring (bicyclic) bond motifs is 4. The van der Waals surface area contributed by atoms with E-state index in [0.29, 0.717) is 0 Å². The Morgan fingerprint density at radius 3 is 1.61 bits per heavy atom. The molecule has 180 valence electrons. The van der Waals surface area contributed by atoms with Crippen molar-refractivity contribution in [3.05, 3.63) is 149 Å². The lowest BCUT2D eigenvalue weighted by molar-refractivity contribution is 1.14. The van der Waals surface area contributed by atoms with Crippen molar-refractivity contribution in [3.8, 4) is 33.5 Å². The maximum absolute atomic E-state index is 14.6. The monoisotopic (exact) mass is 487 g/mol. The third-order valence-corrected chi connectivity index (χ3v) is 7.42. The molecule has 38 heavy (non-hydrogen) atoms. The molecule has 2 aromatic heterocycles. The summed E-state index contributed by atoms with van der Waals surface area (Å²) < 4.78 is 1.98. The van der Waals surface area contributed by atoms with Crippen molar-refractivity contribution in [1.29, 1.82) is 0 Å². The number of aromatic nitrogens is 1. The third-order valence-electron chi connectivity index (χ3n) is 7.42. The van der Waals surface area contributed by atoms with Crippen LogP contribution in [0.1, 0.15) is 5.56 Å². The lowest BCUT2D eigenvalue weighted by Gasteiger charge is -2.22. The molecular weight excluding hydrogens is 462 g/mol. The van der Waals surface area contributed by atoms with E-state index in [1.165, 1.54) is 0 Å². The van der Waals surface area contributed by atoms with Gasteiger partial charge in [-0.25, -0.2) is 0 Å². The number of hydrogen-bond acceptors (Lipinski definition) is 1. The molecular formula is C36H25NO. The van der Waals surface area contributed by atoms with Crippen molar-refractivity contribution in [2.75, 3.05) is 0 Å². The SMILES string of the molecule is Cc1ccc2c(-c3ccccc3)c3c4ccccc4c(-c4ccccc4)c(-c4ccccc4)n3c(=O)c2c1. The average molecular weight is 488 g/mol. The largest absolute Gasteiger partial charge is 0.274 e. The minimum Gasteiger partial charge on any atom is -0.274 e. The van der Waals surface area contributed by atoms with Crippen LogP contribution in [0.5, 0.6) is 0 Å². The molecule has 0 bridgehead atoms. The lowest BCUT2D eigenvalue weighted by atomic mass is 9.89. The van der Waals surface area contributed by atoms with Gasteiger partial charge in [-0.3, -0.25) is 9.20 Å². The lowest BCUT2D eigenvalue weighted by Crippen LogP contribution is -2.18. The summed E-state index contributed by atoms with van der Waals surface area (Å²) in [6, 6.07) is 45.9. The second kappa shape index (κ2) is 8.86. The Hall–Kier alpha value is -4.95. The van der Waals surface area contributed by atoms with Crippen LogP contribution >= 0.6 is 0 Å². The highest BCUT2D eigenvalue weighted by atomic mass is 16.1. The van der Waals surface area contributed by atoms with Gasteiger partial charge < -0.3 is 0 Å². The van der Waals surface area contributed by atoms with Crippen molar-refractivity contribution in [2.45, 2.75) is 6.92 Å². The van der Waals surface area contributed by atoms with Gasteiger partial charge in [-0.1, -0.05) is 133 Å². The maximum atomic E-state index is 14.6. The first-order valence-corrected chi connectivity index (χ1v) is 12.9. The predicted octanol–water partition coefficient (Wildman–Crippen LogP) is 8.92. The molecule has 7 aromatic rings. The molecule has 0 unspecified atom stereocenters. The molecule has 7 rings (SSSR count). The molecule has 0 aliphatic heterocycles. The van der Waals surface area contributed by atoms with Gasteiger partial charge in [-0.05, 0) is 40.5 Å². The first kappa shape index (κ1) is 22.3. The van der Waals surface area contributed by atoms with E-state index in [2.05, 4.69) is 97.1 Å². The summed E-state index contributed by atoms with van der Waals surface area (Å²) in [5, 5.41) is 3.89. The van der Waals surface area contributed by atoms with Gasteiger partial charge in [0.05, 0.1) is 11.2 Å². The molecule has 0 N–H and O–H groups in total. The summed E-state index contributed by atoms with van der Waals surface area (Å²) >= 11 is 0. The Kier molecular flexibility index (Phi) is 5.19. The van der Waals surface area contributed by atoms with Crippen molar-refractivity contribution < 1.29 is 0 Å². The minimum absolute atomic E-state index is 0.000156. The smallest absolute Gasteiger partial charge is 0.263 e. The summed E-state index contributed by atoms with van der Waals surface area (Å²) in [6.45, 7) is 2.05. The first-order valence-electron chi connectivity index (χ1n) is 12.9. The fourth-order valence-corrected chi connectivity index (χ4v) is 5.79. The van der Waals surface area contributed by atoms with Crippen LogP contribution in [0.2, 0.25) is 0 Å². The molecule has 0 aliphatic rings. The molecule has 0 amide bonds. The zero-order valence-corrected chi connectivity index (χ0v) is 21.1. The molecule has 0 aliphatic carbocycles. The Bertz CT molecular complexity index is 2020. The summed E-state index contributed by atoms with van der Waals surface area (Å²) in [4.78, 5) is 14.6. The van der Waals surface area contributed by atoms with Gasteiger partial charge in [0.25, 0.3) is 5.56 Å². The van der Waals surface area contributed by atoms with E-state index < -0.39 is 0 Å². The van der Waals surface area contributed by atoms with Crippen LogP contribution in [0.25, 0.3) is 60.6 Å². The van der Waals surface area contributed by atoms with Gasteiger partial charge in [0.15, 0.2) is 0 Å². The molecule has 2 nitrogen and oxygen atoms in total. The third kappa shape index (κ3) is 3.38. The molecule has 0 fully saturated rings. The normalized spacial score (nSPS) is 11.4. The van der Waals surface area contributed by atoms with Crippen molar-refractivity contribution in [3.63, 3.8) is 0 Å². The number of hydrogen-bond donors (Lipinski definition) is 0. The molecule has 0 radical (unpaired) electrons. The van der Waals surface area contributed by atoms with Crippen LogP contribution in [0.3, 0.4) is 0 Å². The fourth-order valence-electron chi connectivity index (χ4n) is 5.79. The summed E-state index contributed by atoms with van der Waals surface area (Å²) in [5.74, 6) is 0. The van der Waals surface area contributed by atoms with Crippen LogP contribution in [0.4, 0.5) is 0 Å². The van der Waals surface area contributed by atoms with Crippen LogP contribution in [-0.2, 0) is 0 Å². The topological polar surface area (TPSA) is 21.5 Å². The highest BCUT2D eigenvalue weighted by molar-refractivity contribution is 6.17. The van der Waals surface area contributed by atoms with Gasteiger partial charge in [0.1, 0.15) is 0 Å². The van der Waals surface area contributed by atoms with Crippen molar-refractivity contribution in [2.24, 2.45) is 0 Å². The molecule has 0 atom stereocenters. The van der Waals surface area contributed by atoms with Gasteiger partial charge in [0, 0.05) is 21.9 Å². The zero-order chi connectivity index (χ0) is 25.6. The molecule has 5 aromatic carbocycles. The van der Waals surface area contributed by atoms with Crippen LogP contribution < -0.4 is 5.56 Å². The standard InChI is InChI=1S/C36H25NO/c1-24-21-22-29-31(23-24)36(38)37-34(27-17-9-4-10-18-27)32(25-13-5-2-6-14-25)28-19-11-12-20-30(28)35(37)33(29)26-15-7-3-8-16-26/h2-23H,1H3. The second-order valence-corrected chi connectivity index (χ2v) is 9.78. The quantitative estimate of drug-likeness (QED) is 0.180. The Labute approximate surface area is 221 Å². The van der Waals surface area contributed by atoms with E-state index >= 15 is 0 Å². The minimum atomic E-state index is 0.000156. The number of pyridine rings is 2. The fraction of sp³-hybridized carbons (Fsp3) is 0.0278. The van der Waals surface area contributed by atoms with E-state index in [4.69, 9.17) is 0 Å². The molecule has 0 saturated carbocycles. The Balaban J connectivity index is 1.86. The molecule has 0 spiro atoms. The van der Waals surface area contributed by atoms with E-state index in [0.717, 1.165) is 66.1 Å². The van der Waals surface area contributed by atoms with Gasteiger partial charge in [-0.15, -0.1) is 0 Å². The summed E-state index contributed by atoms with van der Waals surface area (Å²) in [7, 11) is 0. The molecule has 2 heterocycles. The van der Waals surface area contributed by atoms with Gasteiger partial charge in [0.2, 0.25) is 0 Å². The number of aryl methyl sites for hydroxylation is 1. The number of nitrogens with zero attached hydrogens (tertiary/aromatic N) is 1. The van der Waals surface area contributed by atoms with Crippen LogP contribution in [0.15, 0.2) is 138 Å². The van der Waals surface area contributed by atoms with E-state index in [1.54, 1.807) is 0 Å². The first-order chi connectivity index (χ1) is 18.7. The summed E-state index contributed by atoms with van der Waals surface area (Å²) in [6.07, 6.45) is 0. The molecule has 0 saturated heterocycles. The van der Waals surface area contributed by atoms with Crippen LogP contribution in [-0.4, -0.2) is 4.40 Å². The van der Waals surface area contributed by atoms with Gasteiger partial charge in [-0.2, -0.15) is 0 Å².